The predicted molar refractivity (Wildman–Crippen MR) is 159 cm³/mol. The van der Waals surface area contributed by atoms with E-state index in [1.165, 1.54) is 27.4 Å². The van der Waals surface area contributed by atoms with Crippen LogP contribution in [0.4, 0.5) is 4.79 Å². The van der Waals surface area contributed by atoms with Gasteiger partial charge in [-0.05, 0) is 38.2 Å². The Morgan fingerprint density at radius 3 is 2.44 bits per heavy atom. The van der Waals surface area contributed by atoms with Crippen molar-refractivity contribution in [2.24, 2.45) is 17.6 Å². The van der Waals surface area contributed by atoms with Crippen LogP contribution in [0.3, 0.4) is 0 Å². The number of amides is 2. The second-order valence-corrected chi connectivity index (χ2v) is 10.9. The molecule has 0 saturated heterocycles. The number of ether oxygens (including phenoxy) is 4. The Bertz CT molecular complexity index is 1200. The summed E-state index contributed by atoms with van der Waals surface area (Å²) in [5.74, 6) is -2.16. The highest BCUT2D eigenvalue weighted by Gasteiger charge is 2.33. The van der Waals surface area contributed by atoms with Crippen LogP contribution in [0.1, 0.15) is 40.5 Å². The summed E-state index contributed by atoms with van der Waals surface area (Å²) >= 11 is 0. The van der Waals surface area contributed by atoms with Crippen LogP contribution >= 0.6 is 0 Å². The standard InChI is InChI=1S/C31H45N3O9/c1-17-13-21-26(33-11-12-40-5)23(35)16-22(28(21)37)34-30(38)18(2)9-8-10-24(41-6)29(43-31(32)39)20(4)15-19(3)27(36)25(14-17)42-7/h8-10,15-17,19,24-25,27,29,33,36H,11-14H2,1-7H3,(H2,32,39)(H,34,38)/b10-8-,18-9+,20-15+/t17-,19+,24+,25+,27-,29+/m1/s1. The summed E-state index contributed by atoms with van der Waals surface area (Å²) in [7, 11) is 4.45. The van der Waals surface area contributed by atoms with Crippen LogP contribution in [0.2, 0.25) is 0 Å². The van der Waals surface area contributed by atoms with Crippen LogP contribution in [-0.2, 0) is 33.3 Å². The fraction of sp³-hybridized carbons (Fsp3) is 0.548. The minimum absolute atomic E-state index is 0.134. The number of hydrogen-bond acceptors (Lipinski definition) is 10. The first-order valence-corrected chi connectivity index (χ1v) is 14.2. The monoisotopic (exact) mass is 603 g/mol. The van der Waals surface area contributed by atoms with Crippen molar-refractivity contribution in [1.29, 1.82) is 0 Å². The van der Waals surface area contributed by atoms with Gasteiger partial charge in [0.15, 0.2) is 6.10 Å². The fourth-order valence-electron chi connectivity index (χ4n) is 5.06. The lowest BCUT2D eigenvalue weighted by atomic mass is 9.85. The summed E-state index contributed by atoms with van der Waals surface area (Å²) in [5.41, 5.74) is 6.42. The van der Waals surface area contributed by atoms with Crippen molar-refractivity contribution in [2.75, 3.05) is 34.5 Å². The van der Waals surface area contributed by atoms with Crippen LogP contribution in [-0.4, -0.2) is 87.6 Å². The van der Waals surface area contributed by atoms with E-state index in [-0.39, 0.29) is 34.9 Å². The molecule has 1 aliphatic carbocycles. The molecule has 0 fully saturated rings. The molecule has 12 heteroatoms. The van der Waals surface area contributed by atoms with E-state index in [1.807, 2.05) is 6.92 Å². The molecule has 0 spiro atoms. The lowest BCUT2D eigenvalue weighted by Crippen LogP contribution is -2.38. The minimum atomic E-state index is -1.00. The average Bonchev–Trinajstić information content (AvgIpc) is 2.95. The van der Waals surface area contributed by atoms with E-state index in [2.05, 4.69) is 10.6 Å². The quantitative estimate of drug-likeness (QED) is 0.191. The highest BCUT2D eigenvalue weighted by Crippen LogP contribution is 2.28. The zero-order chi connectivity index (χ0) is 32.3. The van der Waals surface area contributed by atoms with Crippen molar-refractivity contribution in [2.45, 2.75) is 65.0 Å². The number of Topliss-reactive ketones (excluding diaryl/α,β-unsaturated/α-hetero) is 1. The molecular weight excluding hydrogens is 558 g/mol. The number of rotatable bonds is 7. The summed E-state index contributed by atoms with van der Waals surface area (Å²) in [6.07, 6.45) is 3.75. The summed E-state index contributed by atoms with van der Waals surface area (Å²) in [4.78, 5) is 51.5. The van der Waals surface area contributed by atoms with Gasteiger partial charge in [0.2, 0.25) is 11.6 Å². The number of allylic oxidation sites excluding steroid dienone is 4. The van der Waals surface area contributed by atoms with Gasteiger partial charge in [-0.2, -0.15) is 0 Å². The summed E-state index contributed by atoms with van der Waals surface area (Å²) in [5, 5.41) is 16.8. The Morgan fingerprint density at radius 1 is 1.14 bits per heavy atom. The van der Waals surface area contributed by atoms with Gasteiger partial charge in [0.25, 0.3) is 5.91 Å². The molecule has 12 nitrogen and oxygen atoms in total. The molecule has 43 heavy (non-hydrogen) atoms. The highest BCUT2D eigenvalue weighted by molar-refractivity contribution is 6.23. The molecule has 2 aliphatic rings. The Morgan fingerprint density at radius 2 is 1.84 bits per heavy atom. The number of aliphatic hydroxyl groups excluding tert-OH is 1. The van der Waals surface area contributed by atoms with Crippen molar-refractivity contribution < 1.29 is 43.2 Å². The van der Waals surface area contributed by atoms with Gasteiger partial charge in [0.05, 0.1) is 30.2 Å². The van der Waals surface area contributed by atoms with Crippen LogP contribution in [0.15, 0.2) is 58.5 Å². The average molecular weight is 604 g/mol. The van der Waals surface area contributed by atoms with E-state index in [4.69, 9.17) is 24.7 Å². The Kier molecular flexibility index (Phi) is 14.0. The third kappa shape index (κ3) is 9.99. The van der Waals surface area contributed by atoms with Crippen LogP contribution in [0.5, 0.6) is 0 Å². The Hall–Kier alpha value is -3.58. The first kappa shape index (κ1) is 35.6. The van der Waals surface area contributed by atoms with Crippen molar-refractivity contribution in [3.05, 3.63) is 58.5 Å². The van der Waals surface area contributed by atoms with Crippen molar-refractivity contribution >= 4 is 23.6 Å². The summed E-state index contributed by atoms with van der Waals surface area (Å²) in [6.45, 7) is 7.59. The third-order valence-corrected chi connectivity index (χ3v) is 7.40. The van der Waals surface area contributed by atoms with E-state index in [9.17, 15) is 24.3 Å². The van der Waals surface area contributed by atoms with Crippen molar-refractivity contribution in [3.63, 3.8) is 0 Å². The molecule has 2 amide bonds. The maximum absolute atomic E-state index is 13.6. The molecule has 5 N–H and O–H groups in total. The van der Waals surface area contributed by atoms with Crippen LogP contribution in [0, 0.1) is 11.8 Å². The zero-order valence-corrected chi connectivity index (χ0v) is 26.0. The topological polar surface area (TPSA) is 176 Å². The number of fused-ring (bicyclic) bond motifs is 2. The minimum Gasteiger partial charge on any atom is -0.439 e. The smallest absolute Gasteiger partial charge is 0.405 e. The molecule has 6 atom stereocenters. The molecule has 0 aromatic heterocycles. The largest absolute Gasteiger partial charge is 0.439 e. The normalized spacial score (nSPS) is 31.3. The Balaban J connectivity index is 2.61. The van der Waals surface area contributed by atoms with E-state index >= 15 is 0 Å². The van der Waals surface area contributed by atoms with Gasteiger partial charge >= 0.3 is 6.09 Å². The van der Waals surface area contributed by atoms with E-state index in [0.29, 0.717) is 25.1 Å². The number of methoxy groups -OCH3 is 3. The van der Waals surface area contributed by atoms with Gasteiger partial charge in [0, 0.05) is 51.0 Å². The van der Waals surface area contributed by atoms with E-state index in [1.54, 1.807) is 39.0 Å². The number of ketones is 2. The highest BCUT2D eigenvalue weighted by atomic mass is 16.6. The number of primary amides is 1. The molecular formula is C31H45N3O9. The van der Waals surface area contributed by atoms with Gasteiger partial charge in [-0.3, -0.25) is 14.4 Å². The molecule has 238 valence electrons. The molecule has 0 saturated carbocycles. The second kappa shape index (κ2) is 16.9. The molecule has 0 radical (unpaired) electrons. The number of nitrogens with two attached hydrogens (primary N) is 1. The predicted octanol–water partition coefficient (Wildman–Crippen LogP) is 2.00. The Labute approximate surface area is 253 Å². The first-order valence-electron chi connectivity index (χ1n) is 14.2. The lowest BCUT2D eigenvalue weighted by Gasteiger charge is -2.30. The van der Waals surface area contributed by atoms with Gasteiger partial charge in [-0.25, -0.2) is 4.79 Å². The fourth-order valence-corrected chi connectivity index (χ4v) is 5.06. The third-order valence-electron chi connectivity index (χ3n) is 7.40. The molecule has 2 rings (SSSR count). The number of nitrogens with one attached hydrogen (secondary N) is 2. The van der Waals surface area contributed by atoms with E-state index in [0.717, 1.165) is 6.08 Å². The summed E-state index contributed by atoms with van der Waals surface area (Å²) in [6, 6.07) is 0. The first-order chi connectivity index (χ1) is 20.3. The lowest BCUT2D eigenvalue weighted by molar-refractivity contribution is -0.120. The van der Waals surface area contributed by atoms with Gasteiger partial charge in [-0.1, -0.05) is 38.2 Å². The number of hydrogen-bond donors (Lipinski definition) is 4. The second-order valence-electron chi connectivity index (χ2n) is 10.9. The maximum Gasteiger partial charge on any atom is 0.405 e. The summed E-state index contributed by atoms with van der Waals surface area (Å²) < 4.78 is 21.7. The van der Waals surface area contributed by atoms with Gasteiger partial charge in [0.1, 0.15) is 6.10 Å². The molecule has 0 aromatic carbocycles. The van der Waals surface area contributed by atoms with Crippen LogP contribution in [0.25, 0.3) is 0 Å². The maximum atomic E-state index is 13.6. The molecule has 1 aliphatic heterocycles. The van der Waals surface area contributed by atoms with Crippen molar-refractivity contribution in [3.8, 4) is 0 Å². The molecule has 0 unspecified atom stereocenters. The molecule has 1 heterocycles. The number of carbonyl (C=O) groups excluding carboxylic acids is 4. The van der Waals surface area contributed by atoms with Crippen LogP contribution < -0.4 is 16.4 Å². The number of aliphatic hydroxyl groups is 1. The molecule has 0 aromatic rings. The van der Waals surface area contributed by atoms with Crippen molar-refractivity contribution in [1.82, 2.24) is 10.6 Å². The van der Waals surface area contributed by atoms with E-state index < -0.39 is 53.9 Å². The molecule has 2 bridgehead atoms. The zero-order valence-electron chi connectivity index (χ0n) is 26.0. The SMILES string of the molecule is COCCNC1=C2C[C@@H](C)C[C@H](OC)[C@H](O)[C@@H](C)/C=C(\C)[C@H](OC(N)=O)[C@@H](OC)/C=C\C=C(/C)C(=O)NC(=CC1=O)C2=O. The number of carbonyl (C=O) groups is 4. The van der Waals surface area contributed by atoms with Gasteiger partial charge < -0.3 is 40.4 Å². The van der Waals surface area contributed by atoms with Gasteiger partial charge in [-0.15, -0.1) is 0 Å².